The molecule has 1 saturated heterocycles. The van der Waals surface area contributed by atoms with Crippen LogP contribution >= 0.6 is 15.9 Å². The van der Waals surface area contributed by atoms with Gasteiger partial charge in [0.25, 0.3) is 11.8 Å². The van der Waals surface area contributed by atoms with Gasteiger partial charge in [-0.1, -0.05) is 30.3 Å². The molecular formula is C25H19BrN2O6. The van der Waals surface area contributed by atoms with Crippen molar-refractivity contribution in [2.24, 2.45) is 0 Å². The average molecular weight is 523 g/mol. The smallest absolute Gasteiger partial charge is 0.335 e. The number of urea groups is 1. The first-order valence-corrected chi connectivity index (χ1v) is 10.9. The number of phenols is 1. The van der Waals surface area contributed by atoms with E-state index in [9.17, 15) is 19.5 Å². The number of hydrogen-bond donors (Lipinski definition) is 2. The minimum absolute atomic E-state index is 0.115. The van der Waals surface area contributed by atoms with E-state index in [4.69, 9.17) is 9.47 Å². The van der Waals surface area contributed by atoms with Crippen LogP contribution in [0.25, 0.3) is 6.08 Å². The predicted octanol–water partition coefficient (Wildman–Crippen LogP) is 4.41. The van der Waals surface area contributed by atoms with Crippen LogP contribution in [0.3, 0.4) is 0 Å². The summed E-state index contributed by atoms with van der Waals surface area (Å²) in [6.07, 6.45) is 1.32. The van der Waals surface area contributed by atoms with E-state index in [0.29, 0.717) is 22.4 Å². The number of hydrogen-bond acceptors (Lipinski definition) is 6. The largest absolute Gasteiger partial charge is 0.503 e. The number of imide groups is 2. The fraction of sp³-hybridized carbons (Fsp3) is 0.0800. The number of rotatable bonds is 6. The van der Waals surface area contributed by atoms with E-state index in [1.54, 1.807) is 24.3 Å². The molecule has 0 aliphatic carbocycles. The van der Waals surface area contributed by atoms with Gasteiger partial charge in [0.2, 0.25) is 0 Å². The molecule has 0 bridgehead atoms. The Kier molecular flexibility index (Phi) is 6.65. The van der Waals surface area contributed by atoms with Crippen LogP contribution in [0, 0.1) is 0 Å². The van der Waals surface area contributed by atoms with Crippen molar-refractivity contribution >= 4 is 45.5 Å². The highest BCUT2D eigenvalue weighted by Gasteiger charge is 2.36. The van der Waals surface area contributed by atoms with Gasteiger partial charge in [0.1, 0.15) is 17.9 Å². The molecule has 1 aliphatic heterocycles. The first kappa shape index (κ1) is 23.1. The molecule has 1 heterocycles. The quantitative estimate of drug-likeness (QED) is 0.367. The molecule has 0 saturated carbocycles. The predicted molar refractivity (Wildman–Crippen MR) is 129 cm³/mol. The van der Waals surface area contributed by atoms with Crippen LogP contribution in [0.4, 0.5) is 10.5 Å². The number of carbonyl (C=O) groups excluding carboxylic acids is 3. The molecule has 9 heteroatoms. The highest BCUT2D eigenvalue weighted by Crippen LogP contribution is 2.36. The zero-order valence-corrected chi connectivity index (χ0v) is 19.5. The number of methoxy groups -OCH3 is 1. The number of ether oxygens (including phenoxy) is 2. The van der Waals surface area contributed by atoms with Gasteiger partial charge in [-0.25, -0.2) is 9.69 Å². The SMILES string of the molecule is COc1cc(/C=C2\C(=O)NC(=O)N(c3ccc(OCc4ccccc4)cc3)C2=O)cc(Br)c1O. The van der Waals surface area contributed by atoms with Crippen LogP contribution in [-0.2, 0) is 16.2 Å². The molecule has 172 valence electrons. The second-order valence-electron chi connectivity index (χ2n) is 7.28. The number of anilines is 1. The molecule has 3 aromatic carbocycles. The highest BCUT2D eigenvalue weighted by atomic mass is 79.9. The summed E-state index contributed by atoms with van der Waals surface area (Å²) >= 11 is 3.20. The van der Waals surface area contributed by atoms with E-state index in [-0.39, 0.29) is 22.8 Å². The fourth-order valence-electron chi connectivity index (χ4n) is 3.32. The molecule has 0 unspecified atom stereocenters. The van der Waals surface area contributed by atoms with E-state index >= 15 is 0 Å². The number of carbonyl (C=O) groups is 3. The summed E-state index contributed by atoms with van der Waals surface area (Å²) in [5, 5.41) is 12.2. The Morgan fingerprint density at radius 2 is 1.74 bits per heavy atom. The van der Waals surface area contributed by atoms with Gasteiger partial charge in [0.15, 0.2) is 11.5 Å². The molecule has 0 radical (unpaired) electrons. The van der Waals surface area contributed by atoms with Crippen LogP contribution in [0.5, 0.6) is 17.2 Å². The van der Waals surface area contributed by atoms with Gasteiger partial charge in [0.05, 0.1) is 17.3 Å². The zero-order valence-electron chi connectivity index (χ0n) is 17.9. The molecule has 4 rings (SSSR count). The maximum Gasteiger partial charge on any atom is 0.335 e. The van der Waals surface area contributed by atoms with E-state index in [1.165, 1.54) is 25.3 Å². The molecule has 0 atom stereocenters. The number of halogens is 1. The number of benzene rings is 3. The zero-order chi connectivity index (χ0) is 24.2. The van der Waals surface area contributed by atoms with Crippen LogP contribution in [-0.4, -0.2) is 30.1 Å². The summed E-state index contributed by atoms with van der Waals surface area (Å²) in [6.45, 7) is 0.371. The van der Waals surface area contributed by atoms with Crippen molar-refractivity contribution in [3.05, 3.63) is 87.9 Å². The molecule has 2 N–H and O–H groups in total. The lowest BCUT2D eigenvalue weighted by Gasteiger charge is -2.26. The lowest BCUT2D eigenvalue weighted by molar-refractivity contribution is -0.122. The number of aromatic hydroxyl groups is 1. The van der Waals surface area contributed by atoms with Crippen molar-refractivity contribution in [1.82, 2.24) is 5.32 Å². The number of phenolic OH excluding ortho intramolecular Hbond substituents is 1. The standard InChI is InChI=1S/C25H19BrN2O6/c1-33-21-13-16(12-20(26)22(21)29)11-19-23(30)27-25(32)28(24(19)31)17-7-9-18(10-8-17)34-14-15-5-3-2-4-6-15/h2-13,29H,14H2,1H3,(H,27,30,32)/b19-11+. The Morgan fingerprint density at radius 1 is 1.03 bits per heavy atom. The molecule has 1 fully saturated rings. The van der Waals surface area contributed by atoms with Crippen LogP contribution in [0.15, 0.2) is 76.8 Å². The Hall–Kier alpha value is -4.11. The topological polar surface area (TPSA) is 105 Å². The second kappa shape index (κ2) is 9.80. The maximum atomic E-state index is 13.1. The molecule has 0 aromatic heterocycles. The van der Waals surface area contributed by atoms with Crippen molar-refractivity contribution < 1.29 is 29.0 Å². The summed E-state index contributed by atoms with van der Waals surface area (Å²) in [4.78, 5) is 38.9. The normalized spacial score (nSPS) is 14.8. The monoisotopic (exact) mass is 522 g/mol. The first-order valence-electron chi connectivity index (χ1n) is 10.1. The summed E-state index contributed by atoms with van der Waals surface area (Å²) in [7, 11) is 1.38. The molecule has 8 nitrogen and oxygen atoms in total. The van der Waals surface area contributed by atoms with Gasteiger partial charge in [-0.2, -0.15) is 0 Å². The summed E-state index contributed by atoms with van der Waals surface area (Å²) < 4.78 is 11.2. The Balaban J connectivity index is 1.57. The van der Waals surface area contributed by atoms with Crippen molar-refractivity contribution in [3.8, 4) is 17.2 Å². The molecule has 0 spiro atoms. The van der Waals surface area contributed by atoms with Crippen LogP contribution in [0.1, 0.15) is 11.1 Å². The minimum atomic E-state index is -0.852. The van der Waals surface area contributed by atoms with E-state index in [2.05, 4.69) is 21.2 Å². The van der Waals surface area contributed by atoms with E-state index in [1.807, 2.05) is 30.3 Å². The van der Waals surface area contributed by atoms with Crippen molar-refractivity contribution in [1.29, 1.82) is 0 Å². The van der Waals surface area contributed by atoms with Gasteiger partial charge in [-0.3, -0.25) is 14.9 Å². The van der Waals surface area contributed by atoms with Gasteiger partial charge >= 0.3 is 6.03 Å². The first-order chi connectivity index (χ1) is 16.4. The third-order valence-electron chi connectivity index (χ3n) is 5.03. The van der Waals surface area contributed by atoms with E-state index in [0.717, 1.165) is 10.5 Å². The highest BCUT2D eigenvalue weighted by molar-refractivity contribution is 9.10. The number of nitrogens with one attached hydrogen (secondary N) is 1. The van der Waals surface area contributed by atoms with Crippen molar-refractivity contribution in [2.45, 2.75) is 6.61 Å². The summed E-state index contributed by atoms with van der Waals surface area (Å²) in [6, 6.07) is 18.2. The Bertz CT molecular complexity index is 1290. The lowest BCUT2D eigenvalue weighted by Crippen LogP contribution is -2.54. The minimum Gasteiger partial charge on any atom is -0.503 e. The lowest BCUT2D eigenvalue weighted by atomic mass is 10.1. The van der Waals surface area contributed by atoms with Crippen molar-refractivity contribution in [2.75, 3.05) is 12.0 Å². The number of amides is 4. The molecule has 1 aliphatic rings. The van der Waals surface area contributed by atoms with Crippen LogP contribution < -0.4 is 19.7 Å². The van der Waals surface area contributed by atoms with Gasteiger partial charge < -0.3 is 14.6 Å². The maximum absolute atomic E-state index is 13.1. The Labute approximate surface area is 203 Å². The average Bonchev–Trinajstić information content (AvgIpc) is 2.84. The van der Waals surface area contributed by atoms with Crippen LogP contribution in [0.2, 0.25) is 0 Å². The third kappa shape index (κ3) is 4.79. The van der Waals surface area contributed by atoms with Gasteiger partial charge in [0, 0.05) is 0 Å². The molecule has 34 heavy (non-hydrogen) atoms. The molecule has 4 amide bonds. The van der Waals surface area contributed by atoms with Gasteiger partial charge in [-0.15, -0.1) is 0 Å². The Morgan fingerprint density at radius 3 is 2.41 bits per heavy atom. The fourth-order valence-corrected chi connectivity index (χ4v) is 3.78. The summed E-state index contributed by atoms with van der Waals surface area (Å²) in [5.74, 6) is -1.00. The van der Waals surface area contributed by atoms with E-state index < -0.39 is 17.8 Å². The summed E-state index contributed by atoms with van der Waals surface area (Å²) in [5.41, 5.74) is 1.45. The molecular weight excluding hydrogens is 504 g/mol. The third-order valence-corrected chi connectivity index (χ3v) is 5.63. The number of nitrogens with zero attached hydrogens (tertiary/aromatic N) is 1. The van der Waals surface area contributed by atoms with Gasteiger partial charge in [-0.05, 0) is 69.5 Å². The van der Waals surface area contributed by atoms with Crippen molar-refractivity contribution in [3.63, 3.8) is 0 Å². The number of barbiturate groups is 1. The second-order valence-corrected chi connectivity index (χ2v) is 8.13. The molecule has 3 aromatic rings.